The van der Waals surface area contributed by atoms with Gasteiger partial charge in [-0.2, -0.15) is 0 Å². The maximum atomic E-state index is 13.7. The van der Waals surface area contributed by atoms with E-state index in [1.807, 2.05) is 29.2 Å². The number of pyridine rings is 1. The Hall–Kier alpha value is -3.09. The zero-order chi connectivity index (χ0) is 24.8. The van der Waals surface area contributed by atoms with Crippen LogP contribution in [-0.2, 0) is 6.54 Å². The van der Waals surface area contributed by atoms with E-state index in [0.29, 0.717) is 26.2 Å². The van der Waals surface area contributed by atoms with Gasteiger partial charge in [-0.05, 0) is 56.2 Å². The Morgan fingerprint density at radius 2 is 1.63 bits per heavy atom. The highest BCUT2D eigenvalue weighted by Crippen LogP contribution is 2.22. The predicted molar refractivity (Wildman–Crippen MR) is 136 cm³/mol. The molecular formula is C28H37N3O4. The van der Waals surface area contributed by atoms with E-state index in [2.05, 4.69) is 6.92 Å². The first-order valence-corrected chi connectivity index (χ1v) is 13.0. The number of ether oxygens (including phenoxy) is 1. The van der Waals surface area contributed by atoms with Gasteiger partial charge in [0.2, 0.25) is 5.43 Å². The number of methoxy groups -OCH3 is 1. The molecule has 2 aliphatic rings. The molecule has 7 heteroatoms. The number of piperidine rings is 1. The highest BCUT2D eigenvalue weighted by atomic mass is 16.5. The number of nitrogens with zero attached hydrogens (tertiary/aromatic N) is 3. The molecule has 7 nitrogen and oxygen atoms in total. The van der Waals surface area contributed by atoms with Crippen LogP contribution >= 0.6 is 0 Å². The molecule has 1 atom stereocenters. The summed E-state index contributed by atoms with van der Waals surface area (Å²) in [5.74, 6) is 0.211. The summed E-state index contributed by atoms with van der Waals surface area (Å²) >= 11 is 0. The van der Waals surface area contributed by atoms with Gasteiger partial charge in [-0.25, -0.2) is 0 Å². The Kier molecular flexibility index (Phi) is 8.26. The monoisotopic (exact) mass is 479 g/mol. The zero-order valence-corrected chi connectivity index (χ0v) is 21.0. The molecule has 3 heterocycles. The van der Waals surface area contributed by atoms with Crippen LogP contribution in [0.15, 0.2) is 41.5 Å². The van der Waals surface area contributed by atoms with Crippen LogP contribution in [0.5, 0.6) is 5.75 Å². The fourth-order valence-electron chi connectivity index (χ4n) is 5.30. The first kappa shape index (κ1) is 25.0. The lowest BCUT2D eigenvalue weighted by molar-refractivity contribution is 0.0605. The predicted octanol–water partition coefficient (Wildman–Crippen LogP) is 4.33. The number of hydrogen-bond acceptors (Lipinski definition) is 4. The van der Waals surface area contributed by atoms with Crippen molar-refractivity contribution in [3.63, 3.8) is 0 Å². The van der Waals surface area contributed by atoms with E-state index in [1.165, 1.54) is 0 Å². The largest absolute Gasteiger partial charge is 0.497 e. The van der Waals surface area contributed by atoms with Crippen molar-refractivity contribution in [2.75, 3.05) is 26.7 Å². The smallest absolute Gasteiger partial charge is 0.259 e. The number of carbonyl (C=O) groups is 2. The third kappa shape index (κ3) is 5.77. The summed E-state index contributed by atoms with van der Waals surface area (Å²) in [6.07, 6.45) is 11.2. The van der Waals surface area contributed by atoms with Crippen LogP contribution in [0, 0.1) is 0 Å². The number of rotatable bonds is 6. The van der Waals surface area contributed by atoms with Crippen LogP contribution in [-0.4, -0.2) is 59.0 Å². The van der Waals surface area contributed by atoms with E-state index < -0.39 is 5.43 Å². The summed E-state index contributed by atoms with van der Waals surface area (Å²) in [5.41, 5.74) is 0.690. The average Bonchev–Trinajstić information content (AvgIpc) is 3.18. The van der Waals surface area contributed by atoms with Crippen molar-refractivity contribution in [3.05, 3.63) is 63.6 Å². The Balaban J connectivity index is 1.74. The molecule has 2 aliphatic heterocycles. The first-order valence-electron chi connectivity index (χ1n) is 13.0. The van der Waals surface area contributed by atoms with Gasteiger partial charge in [-0.3, -0.25) is 14.4 Å². The van der Waals surface area contributed by atoms with E-state index in [4.69, 9.17) is 4.74 Å². The summed E-state index contributed by atoms with van der Waals surface area (Å²) < 4.78 is 7.15. The van der Waals surface area contributed by atoms with Gasteiger partial charge in [0.1, 0.15) is 16.9 Å². The number of carbonyl (C=O) groups excluding carboxylic acids is 2. The Morgan fingerprint density at radius 1 is 0.943 bits per heavy atom. The summed E-state index contributed by atoms with van der Waals surface area (Å²) in [6, 6.07) is 7.81. The van der Waals surface area contributed by atoms with E-state index >= 15 is 0 Å². The maximum Gasteiger partial charge on any atom is 0.259 e. The van der Waals surface area contributed by atoms with Crippen molar-refractivity contribution in [1.29, 1.82) is 0 Å². The van der Waals surface area contributed by atoms with E-state index in [0.717, 1.165) is 62.7 Å². The molecule has 2 amide bonds. The Morgan fingerprint density at radius 3 is 2.31 bits per heavy atom. The van der Waals surface area contributed by atoms with Crippen LogP contribution in [0.2, 0.25) is 0 Å². The number of aromatic nitrogens is 1. The number of hydrogen-bond donors (Lipinski definition) is 0. The third-order valence-electron chi connectivity index (χ3n) is 7.29. The molecule has 0 saturated carbocycles. The minimum atomic E-state index is -0.452. The Bertz CT molecular complexity index is 1100. The molecule has 1 aromatic carbocycles. The zero-order valence-electron chi connectivity index (χ0n) is 21.0. The highest BCUT2D eigenvalue weighted by Gasteiger charge is 2.30. The lowest BCUT2D eigenvalue weighted by Crippen LogP contribution is -2.46. The molecule has 0 aliphatic carbocycles. The topological polar surface area (TPSA) is 71.8 Å². The van der Waals surface area contributed by atoms with Crippen LogP contribution in [0.1, 0.15) is 84.6 Å². The van der Waals surface area contributed by atoms with Crippen molar-refractivity contribution in [3.8, 4) is 5.75 Å². The molecule has 0 radical (unpaired) electrons. The van der Waals surface area contributed by atoms with Gasteiger partial charge in [0.25, 0.3) is 11.8 Å². The molecule has 4 rings (SSSR count). The SMILES string of the molecule is CCC1CCCCN1C(=O)c1cn(Cc2cccc(OC)c2)cc(C(=O)N2CCCCCC2)c1=O. The van der Waals surface area contributed by atoms with Gasteiger partial charge < -0.3 is 19.1 Å². The second-order valence-corrected chi connectivity index (χ2v) is 9.70. The lowest BCUT2D eigenvalue weighted by atomic mass is 9.98. The fraction of sp³-hybridized carbons (Fsp3) is 0.536. The van der Waals surface area contributed by atoms with Gasteiger partial charge in [-0.15, -0.1) is 0 Å². The Labute approximate surface area is 207 Å². The molecule has 0 spiro atoms. The van der Waals surface area contributed by atoms with Crippen molar-refractivity contribution < 1.29 is 14.3 Å². The molecule has 1 unspecified atom stereocenters. The summed E-state index contributed by atoms with van der Waals surface area (Å²) in [4.78, 5) is 44.4. The van der Waals surface area contributed by atoms with Gasteiger partial charge in [0.05, 0.1) is 7.11 Å². The normalized spacial score (nSPS) is 18.7. The molecule has 0 N–H and O–H groups in total. The van der Waals surface area contributed by atoms with Crippen molar-refractivity contribution in [2.45, 2.75) is 70.9 Å². The first-order chi connectivity index (χ1) is 17.0. The quantitative estimate of drug-likeness (QED) is 0.618. The highest BCUT2D eigenvalue weighted by molar-refractivity contribution is 5.99. The third-order valence-corrected chi connectivity index (χ3v) is 7.29. The van der Waals surface area contributed by atoms with Crippen molar-refractivity contribution >= 4 is 11.8 Å². The van der Waals surface area contributed by atoms with Crippen LogP contribution in [0.4, 0.5) is 0 Å². The van der Waals surface area contributed by atoms with Crippen LogP contribution in [0.3, 0.4) is 0 Å². The second kappa shape index (κ2) is 11.6. The van der Waals surface area contributed by atoms with Gasteiger partial charge >= 0.3 is 0 Å². The molecule has 2 aromatic rings. The summed E-state index contributed by atoms with van der Waals surface area (Å²) in [7, 11) is 1.62. The summed E-state index contributed by atoms with van der Waals surface area (Å²) in [5, 5.41) is 0. The molecular weight excluding hydrogens is 442 g/mol. The standard InChI is InChI=1S/C28H37N3O4/c1-3-22-12-6-9-16-31(22)28(34)25-20-29(18-21-11-10-13-23(17-21)35-2)19-24(26(25)32)27(33)30-14-7-4-5-8-15-30/h10-11,13,17,19-20,22H,3-9,12,14-16,18H2,1-2H3. The lowest BCUT2D eigenvalue weighted by Gasteiger charge is -2.35. The summed E-state index contributed by atoms with van der Waals surface area (Å²) in [6.45, 7) is 4.45. The van der Waals surface area contributed by atoms with Gasteiger partial charge in [-0.1, -0.05) is 31.9 Å². The molecule has 188 valence electrons. The van der Waals surface area contributed by atoms with E-state index in [1.54, 1.807) is 29.0 Å². The molecule has 35 heavy (non-hydrogen) atoms. The molecule has 1 aromatic heterocycles. The van der Waals surface area contributed by atoms with Crippen LogP contribution in [0.25, 0.3) is 0 Å². The van der Waals surface area contributed by atoms with Crippen LogP contribution < -0.4 is 10.2 Å². The second-order valence-electron chi connectivity index (χ2n) is 9.70. The minimum absolute atomic E-state index is 0.0886. The maximum absolute atomic E-state index is 13.7. The number of benzene rings is 1. The molecule has 2 fully saturated rings. The fourth-order valence-corrected chi connectivity index (χ4v) is 5.30. The number of likely N-dealkylation sites (tertiary alicyclic amines) is 2. The van der Waals surface area contributed by atoms with E-state index in [9.17, 15) is 14.4 Å². The van der Waals surface area contributed by atoms with Crippen molar-refractivity contribution in [1.82, 2.24) is 14.4 Å². The molecule has 2 saturated heterocycles. The average molecular weight is 480 g/mol. The number of amides is 2. The molecule has 0 bridgehead atoms. The van der Waals surface area contributed by atoms with Gasteiger partial charge in [0, 0.05) is 44.6 Å². The minimum Gasteiger partial charge on any atom is -0.497 e. The van der Waals surface area contributed by atoms with Crippen molar-refractivity contribution in [2.24, 2.45) is 0 Å². The van der Waals surface area contributed by atoms with Gasteiger partial charge in [0.15, 0.2) is 0 Å². The van der Waals surface area contributed by atoms with E-state index in [-0.39, 0.29) is 29.0 Å².